The minimum Gasteiger partial charge on any atom is -0.337 e. The van der Waals surface area contributed by atoms with Crippen molar-refractivity contribution in [2.24, 2.45) is 5.92 Å². The molecule has 0 N–H and O–H groups in total. The van der Waals surface area contributed by atoms with Crippen molar-refractivity contribution < 1.29 is 9.59 Å². The summed E-state index contributed by atoms with van der Waals surface area (Å²) in [6.45, 7) is 4.48. The van der Waals surface area contributed by atoms with E-state index >= 15 is 0 Å². The lowest BCUT2D eigenvalue weighted by Crippen LogP contribution is -2.46. The van der Waals surface area contributed by atoms with Gasteiger partial charge in [0.25, 0.3) is 0 Å². The van der Waals surface area contributed by atoms with Gasteiger partial charge in [0.2, 0.25) is 11.8 Å². The molecule has 5 heteroatoms. The topological polar surface area (TPSA) is 43.9 Å². The summed E-state index contributed by atoms with van der Waals surface area (Å²) in [4.78, 5) is 33.1. The average molecular weight is 508 g/mol. The first kappa shape index (κ1) is 24.9. The zero-order valence-corrected chi connectivity index (χ0v) is 22.0. The molecule has 6 rings (SSSR count). The number of rotatable bonds is 6. The Morgan fingerprint density at radius 2 is 1.47 bits per heavy atom. The van der Waals surface area contributed by atoms with E-state index in [0.29, 0.717) is 12.3 Å². The monoisotopic (exact) mass is 507 g/mol. The van der Waals surface area contributed by atoms with Gasteiger partial charge in [-0.15, -0.1) is 0 Å². The van der Waals surface area contributed by atoms with Crippen LogP contribution in [0.4, 0.5) is 5.69 Å². The summed E-state index contributed by atoms with van der Waals surface area (Å²) in [5.41, 5.74) is 4.40. The molecule has 2 amide bonds. The highest BCUT2D eigenvalue weighted by molar-refractivity contribution is 5.95. The molecular weight excluding hydrogens is 470 g/mol. The second-order valence-electron chi connectivity index (χ2n) is 11.1. The minimum absolute atomic E-state index is 0.228. The van der Waals surface area contributed by atoms with Crippen LogP contribution in [0.2, 0.25) is 0 Å². The zero-order chi connectivity index (χ0) is 25.9. The number of fused-ring (bicyclic) bond motifs is 1. The normalized spacial score (nSPS) is 22.1. The lowest BCUT2D eigenvalue weighted by molar-refractivity contribution is -0.134. The fourth-order valence-electron chi connectivity index (χ4n) is 6.73. The van der Waals surface area contributed by atoms with Crippen LogP contribution in [0, 0.1) is 5.92 Å². The first-order valence-electron chi connectivity index (χ1n) is 14.2. The smallest absolute Gasteiger partial charge is 0.234 e. The lowest BCUT2D eigenvalue weighted by atomic mass is 9.89. The van der Waals surface area contributed by atoms with Crippen LogP contribution in [0.3, 0.4) is 0 Å². The number of anilines is 1. The Balaban J connectivity index is 1.19. The number of amides is 2. The number of nitrogens with zero attached hydrogens (tertiary/aromatic N) is 3. The van der Waals surface area contributed by atoms with Crippen molar-refractivity contribution in [1.82, 2.24) is 9.80 Å². The second kappa shape index (κ2) is 11.1. The summed E-state index contributed by atoms with van der Waals surface area (Å²) in [6.07, 6.45) is 5.04. The van der Waals surface area contributed by atoms with Crippen LogP contribution in [0.1, 0.15) is 54.7 Å². The molecule has 196 valence electrons. The molecule has 0 aliphatic carbocycles. The fourth-order valence-corrected chi connectivity index (χ4v) is 6.73. The van der Waals surface area contributed by atoms with Crippen LogP contribution in [0.5, 0.6) is 0 Å². The number of hydrogen-bond acceptors (Lipinski definition) is 3. The van der Waals surface area contributed by atoms with Crippen LogP contribution in [-0.2, 0) is 16.1 Å². The molecular formula is C33H37N3O2. The third kappa shape index (κ3) is 5.12. The molecule has 0 spiro atoms. The van der Waals surface area contributed by atoms with Crippen molar-refractivity contribution in [3.63, 3.8) is 0 Å². The van der Waals surface area contributed by atoms with Crippen LogP contribution in [-0.4, -0.2) is 53.8 Å². The number of benzene rings is 3. The van der Waals surface area contributed by atoms with E-state index in [1.165, 1.54) is 18.4 Å². The third-order valence-corrected chi connectivity index (χ3v) is 8.63. The van der Waals surface area contributed by atoms with Gasteiger partial charge in [0.1, 0.15) is 0 Å². The summed E-state index contributed by atoms with van der Waals surface area (Å²) in [5, 5.41) is 0. The molecule has 0 radical (unpaired) electrons. The maximum absolute atomic E-state index is 14.3. The van der Waals surface area contributed by atoms with E-state index in [2.05, 4.69) is 58.3 Å². The van der Waals surface area contributed by atoms with Crippen LogP contribution in [0.15, 0.2) is 84.9 Å². The molecule has 3 heterocycles. The molecule has 0 aromatic heterocycles. The Labute approximate surface area is 226 Å². The number of carbonyl (C=O) groups is 2. The van der Waals surface area contributed by atoms with Gasteiger partial charge in [-0.2, -0.15) is 0 Å². The quantitative estimate of drug-likeness (QED) is 0.445. The summed E-state index contributed by atoms with van der Waals surface area (Å²) >= 11 is 0. The molecule has 3 aromatic rings. The Morgan fingerprint density at radius 1 is 0.789 bits per heavy atom. The Kier molecular flexibility index (Phi) is 7.28. The summed E-state index contributed by atoms with van der Waals surface area (Å²) in [6, 6.07) is 29.3. The van der Waals surface area contributed by atoms with Gasteiger partial charge in [-0.05, 0) is 54.0 Å². The van der Waals surface area contributed by atoms with Gasteiger partial charge in [-0.1, -0.05) is 79.2 Å². The van der Waals surface area contributed by atoms with Crippen molar-refractivity contribution in [2.75, 3.05) is 31.1 Å². The summed E-state index contributed by atoms with van der Waals surface area (Å²) in [7, 11) is 0. The molecule has 3 saturated heterocycles. The molecule has 3 aliphatic rings. The average Bonchev–Trinajstić information content (AvgIpc) is 3.50. The SMILES string of the molecule is O=C1CCCN1c1ccc(CN2C[C@@H]3CCCCN(C(=O)C(c4ccccc4)c4ccccc4)[C@@H]3C2)cc1. The molecule has 5 nitrogen and oxygen atoms in total. The van der Waals surface area contributed by atoms with E-state index < -0.39 is 0 Å². The second-order valence-corrected chi connectivity index (χ2v) is 11.1. The summed E-state index contributed by atoms with van der Waals surface area (Å²) in [5.74, 6) is 0.702. The predicted molar refractivity (Wildman–Crippen MR) is 151 cm³/mol. The highest BCUT2D eigenvalue weighted by Gasteiger charge is 2.41. The first-order chi connectivity index (χ1) is 18.7. The largest absolute Gasteiger partial charge is 0.337 e. The van der Waals surface area contributed by atoms with E-state index in [1.807, 2.05) is 41.3 Å². The van der Waals surface area contributed by atoms with Crippen LogP contribution >= 0.6 is 0 Å². The maximum atomic E-state index is 14.3. The van der Waals surface area contributed by atoms with Crippen molar-refractivity contribution >= 4 is 17.5 Å². The minimum atomic E-state index is -0.272. The van der Waals surface area contributed by atoms with Gasteiger partial charge in [0, 0.05) is 50.9 Å². The Bertz CT molecular complexity index is 1200. The highest BCUT2D eigenvalue weighted by atomic mass is 16.2. The van der Waals surface area contributed by atoms with E-state index in [9.17, 15) is 9.59 Å². The van der Waals surface area contributed by atoms with Crippen LogP contribution < -0.4 is 4.90 Å². The predicted octanol–water partition coefficient (Wildman–Crippen LogP) is 5.46. The molecule has 2 atom stereocenters. The standard InChI is InChI=1S/C33H37N3O2/c37-31-15-9-21-35(31)29-18-16-25(17-19-29)22-34-23-28-14-7-8-20-36(30(28)24-34)33(38)32(26-10-3-1-4-11-26)27-12-5-2-6-13-27/h1-6,10-13,16-19,28,30,32H,7-9,14-15,20-24H2/t28-,30+/m0/s1. The Hall–Kier alpha value is -3.44. The molecule has 0 unspecified atom stereocenters. The third-order valence-electron chi connectivity index (χ3n) is 8.63. The molecule has 3 fully saturated rings. The van der Waals surface area contributed by atoms with Gasteiger partial charge in [0.05, 0.1) is 5.92 Å². The number of carbonyl (C=O) groups excluding carboxylic acids is 2. The summed E-state index contributed by atoms with van der Waals surface area (Å²) < 4.78 is 0. The van der Waals surface area contributed by atoms with Gasteiger partial charge in [-0.3, -0.25) is 14.5 Å². The van der Waals surface area contributed by atoms with E-state index in [0.717, 1.165) is 62.4 Å². The molecule has 0 saturated carbocycles. The van der Waals surface area contributed by atoms with Crippen molar-refractivity contribution in [3.8, 4) is 0 Å². The van der Waals surface area contributed by atoms with Gasteiger partial charge in [-0.25, -0.2) is 0 Å². The molecule has 3 aromatic carbocycles. The van der Waals surface area contributed by atoms with Crippen molar-refractivity contribution in [2.45, 2.75) is 50.6 Å². The number of likely N-dealkylation sites (tertiary alicyclic amines) is 2. The highest BCUT2D eigenvalue weighted by Crippen LogP contribution is 2.35. The van der Waals surface area contributed by atoms with Gasteiger partial charge < -0.3 is 9.80 Å². The molecule has 0 bridgehead atoms. The van der Waals surface area contributed by atoms with Gasteiger partial charge in [0.15, 0.2) is 0 Å². The molecule has 3 aliphatic heterocycles. The first-order valence-corrected chi connectivity index (χ1v) is 14.2. The Morgan fingerprint density at radius 3 is 2.11 bits per heavy atom. The van der Waals surface area contributed by atoms with Crippen molar-refractivity contribution in [1.29, 1.82) is 0 Å². The van der Waals surface area contributed by atoms with E-state index in [1.54, 1.807) is 0 Å². The van der Waals surface area contributed by atoms with E-state index in [-0.39, 0.29) is 23.8 Å². The number of hydrogen-bond donors (Lipinski definition) is 0. The zero-order valence-electron chi connectivity index (χ0n) is 22.0. The van der Waals surface area contributed by atoms with Gasteiger partial charge >= 0.3 is 0 Å². The van der Waals surface area contributed by atoms with E-state index in [4.69, 9.17) is 0 Å². The fraction of sp³-hybridized carbons (Fsp3) is 0.394. The van der Waals surface area contributed by atoms with Crippen molar-refractivity contribution in [3.05, 3.63) is 102 Å². The maximum Gasteiger partial charge on any atom is 0.234 e. The molecule has 38 heavy (non-hydrogen) atoms. The lowest BCUT2D eigenvalue weighted by Gasteiger charge is -2.34. The van der Waals surface area contributed by atoms with Crippen LogP contribution in [0.25, 0.3) is 0 Å².